The van der Waals surface area contributed by atoms with Crippen LogP contribution in [0.5, 0.6) is 0 Å². The zero-order valence-corrected chi connectivity index (χ0v) is 14.3. The van der Waals surface area contributed by atoms with Gasteiger partial charge in [-0.2, -0.15) is 0 Å². The summed E-state index contributed by atoms with van der Waals surface area (Å²) in [4.78, 5) is 27.4. The number of hydrogen-bond donors (Lipinski definition) is 1. The monoisotopic (exact) mass is 294 g/mol. The Hall–Kier alpha value is -1.06. The molecular weight excluding hydrogens is 264 g/mol. The maximum absolute atomic E-state index is 13.1. The Bertz CT molecular complexity index is 440. The van der Waals surface area contributed by atoms with E-state index in [2.05, 4.69) is 33.0 Å². The zero-order chi connectivity index (χ0) is 16.0. The summed E-state index contributed by atoms with van der Waals surface area (Å²) in [6, 6.07) is -0.317. The fraction of sp³-hybridized carbons (Fsp3) is 0.882. The highest BCUT2D eigenvalue weighted by molar-refractivity contribution is 6.00. The number of amides is 2. The lowest BCUT2D eigenvalue weighted by Crippen LogP contribution is -2.71. The van der Waals surface area contributed by atoms with Crippen molar-refractivity contribution < 1.29 is 9.59 Å². The van der Waals surface area contributed by atoms with Crippen molar-refractivity contribution in [2.75, 3.05) is 6.54 Å². The van der Waals surface area contributed by atoms with Gasteiger partial charge < -0.3 is 10.2 Å². The Morgan fingerprint density at radius 1 is 1.33 bits per heavy atom. The molecule has 0 radical (unpaired) electrons. The van der Waals surface area contributed by atoms with Crippen LogP contribution in [0.1, 0.15) is 60.8 Å². The molecule has 4 nitrogen and oxygen atoms in total. The number of piperazine rings is 1. The number of carbonyl (C=O) groups is 2. The molecule has 0 aromatic rings. The van der Waals surface area contributed by atoms with Gasteiger partial charge in [-0.15, -0.1) is 0 Å². The van der Waals surface area contributed by atoms with E-state index in [0.717, 1.165) is 12.8 Å². The normalized spacial score (nSPS) is 30.8. The second-order valence-electron chi connectivity index (χ2n) is 7.97. The first-order valence-corrected chi connectivity index (χ1v) is 8.26. The molecule has 0 bridgehead atoms. The minimum atomic E-state index is -0.685. The van der Waals surface area contributed by atoms with Crippen molar-refractivity contribution in [1.82, 2.24) is 10.2 Å². The van der Waals surface area contributed by atoms with E-state index < -0.39 is 5.54 Å². The van der Waals surface area contributed by atoms with Crippen LogP contribution in [0, 0.1) is 17.3 Å². The largest absolute Gasteiger partial charge is 0.340 e. The van der Waals surface area contributed by atoms with Gasteiger partial charge >= 0.3 is 0 Å². The molecule has 0 spiro atoms. The molecule has 0 aromatic heterocycles. The Morgan fingerprint density at radius 3 is 2.33 bits per heavy atom. The fourth-order valence-electron chi connectivity index (χ4n) is 3.12. The molecule has 2 aliphatic rings. The van der Waals surface area contributed by atoms with Crippen LogP contribution in [0.3, 0.4) is 0 Å². The van der Waals surface area contributed by atoms with E-state index in [1.807, 2.05) is 18.7 Å². The lowest BCUT2D eigenvalue weighted by Gasteiger charge is -2.47. The van der Waals surface area contributed by atoms with E-state index in [-0.39, 0.29) is 23.3 Å². The number of carbonyl (C=O) groups excluding carboxylic acids is 2. The van der Waals surface area contributed by atoms with Crippen molar-refractivity contribution in [3.05, 3.63) is 0 Å². The first kappa shape index (κ1) is 16.3. The van der Waals surface area contributed by atoms with Gasteiger partial charge in [0.15, 0.2) is 0 Å². The van der Waals surface area contributed by atoms with Crippen molar-refractivity contribution in [1.29, 1.82) is 0 Å². The number of hydrogen-bond acceptors (Lipinski definition) is 2. The summed E-state index contributed by atoms with van der Waals surface area (Å²) in [5, 5.41) is 3.02. The van der Waals surface area contributed by atoms with Crippen molar-refractivity contribution in [2.45, 2.75) is 72.4 Å². The summed E-state index contributed by atoms with van der Waals surface area (Å²) in [6.45, 7) is 13.2. The van der Waals surface area contributed by atoms with Gasteiger partial charge in [0.1, 0.15) is 11.6 Å². The van der Waals surface area contributed by atoms with E-state index in [4.69, 9.17) is 0 Å². The molecule has 120 valence electrons. The molecule has 2 fully saturated rings. The first-order valence-electron chi connectivity index (χ1n) is 8.26. The molecule has 4 heteroatoms. The molecule has 1 saturated heterocycles. The molecule has 1 aliphatic heterocycles. The van der Waals surface area contributed by atoms with Crippen LogP contribution >= 0.6 is 0 Å². The number of nitrogens with zero attached hydrogens (tertiary/aromatic N) is 1. The van der Waals surface area contributed by atoms with Crippen LogP contribution in [-0.4, -0.2) is 34.8 Å². The van der Waals surface area contributed by atoms with E-state index in [0.29, 0.717) is 24.8 Å². The van der Waals surface area contributed by atoms with Gasteiger partial charge in [-0.3, -0.25) is 9.59 Å². The Morgan fingerprint density at radius 2 is 1.90 bits per heavy atom. The summed E-state index contributed by atoms with van der Waals surface area (Å²) >= 11 is 0. The third-order valence-corrected chi connectivity index (χ3v) is 5.69. The number of nitrogens with one attached hydrogen (secondary N) is 1. The fourth-order valence-corrected chi connectivity index (χ4v) is 3.12. The lowest BCUT2D eigenvalue weighted by atomic mass is 9.79. The second kappa shape index (κ2) is 5.29. The highest BCUT2D eigenvalue weighted by Crippen LogP contribution is 2.43. The predicted molar refractivity (Wildman–Crippen MR) is 83.7 cm³/mol. The third kappa shape index (κ3) is 2.82. The number of rotatable bonds is 5. The van der Waals surface area contributed by atoms with Gasteiger partial charge in [-0.25, -0.2) is 0 Å². The SMILES string of the molecule is CCC1C(=O)NC(C)(C2CC2)C(=O)N1CC(C)(C)C(C)C. The van der Waals surface area contributed by atoms with Crippen LogP contribution in [0.15, 0.2) is 0 Å². The van der Waals surface area contributed by atoms with Gasteiger partial charge in [0.25, 0.3) is 0 Å². The third-order valence-electron chi connectivity index (χ3n) is 5.69. The predicted octanol–water partition coefficient (Wildman–Crippen LogP) is 2.57. The molecule has 2 unspecified atom stereocenters. The van der Waals surface area contributed by atoms with Gasteiger partial charge in [0.05, 0.1) is 0 Å². The van der Waals surface area contributed by atoms with E-state index in [9.17, 15) is 9.59 Å². The highest BCUT2D eigenvalue weighted by Gasteiger charge is 2.55. The molecular formula is C17H30N2O2. The maximum atomic E-state index is 13.1. The molecule has 2 rings (SSSR count). The van der Waals surface area contributed by atoms with E-state index in [1.165, 1.54) is 0 Å². The van der Waals surface area contributed by atoms with Crippen molar-refractivity contribution in [3.8, 4) is 0 Å². The van der Waals surface area contributed by atoms with Crippen LogP contribution in [0.4, 0.5) is 0 Å². The quantitative estimate of drug-likeness (QED) is 0.847. The average molecular weight is 294 g/mol. The highest BCUT2D eigenvalue weighted by atomic mass is 16.2. The standard InChI is InChI=1S/C17H30N2O2/c1-7-13-14(20)18-17(6,12-8-9-12)15(21)19(13)10-16(4,5)11(2)3/h11-13H,7-10H2,1-6H3,(H,18,20). The summed E-state index contributed by atoms with van der Waals surface area (Å²) < 4.78 is 0. The summed E-state index contributed by atoms with van der Waals surface area (Å²) in [5.74, 6) is 0.910. The minimum Gasteiger partial charge on any atom is -0.340 e. The molecule has 1 heterocycles. The smallest absolute Gasteiger partial charge is 0.249 e. The van der Waals surface area contributed by atoms with Gasteiger partial charge in [0.2, 0.25) is 11.8 Å². The van der Waals surface area contributed by atoms with Crippen LogP contribution < -0.4 is 5.32 Å². The van der Waals surface area contributed by atoms with Crippen molar-refractivity contribution >= 4 is 11.8 Å². The average Bonchev–Trinajstić information content (AvgIpc) is 3.20. The Kier molecular flexibility index (Phi) is 4.11. The van der Waals surface area contributed by atoms with E-state index >= 15 is 0 Å². The van der Waals surface area contributed by atoms with E-state index in [1.54, 1.807) is 0 Å². The lowest BCUT2D eigenvalue weighted by molar-refractivity contribution is -0.157. The first-order chi connectivity index (χ1) is 9.63. The molecule has 1 saturated carbocycles. The minimum absolute atomic E-state index is 0.00512. The molecule has 2 atom stereocenters. The van der Waals surface area contributed by atoms with Gasteiger partial charge in [-0.05, 0) is 43.4 Å². The van der Waals surface area contributed by atoms with Crippen LogP contribution in [0.2, 0.25) is 0 Å². The van der Waals surface area contributed by atoms with Crippen molar-refractivity contribution in [2.24, 2.45) is 17.3 Å². The molecule has 0 aromatic carbocycles. The van der Waals surface area contributed by atoms with Gasteiger partial charge in [0, 0.05) is 6.54 Å². The van der Waals surface area contributed by atoms with Crippen molar-refractivity contribution in [3.63, 3.8) is 0 Å². The Balaban J connectivity index is 2.29. The van der Waals surface area contributed by atoms with Gasteiger partial charge in [-0.1, -0.05) is 34.6 Å². The summed E-state index contributed by atoms with van der Waals surface area (Å²) in [7, 11) is 0. The molecule has 1 aliphatic carbocycles. The van der Waals surface area contributed by atoms with Crippen LogP contribution in [0.25, 0.3) is 0 Å². The molecule has 2 amide bonds. The van der Waals surface area contributed by atoms with Crippen LogP contribution in [-0.2, 0) is 9.59 Å². The maximum Gasteiger partial charge on any atom is 0.249 e. The zero-order valence-electron chi connectivity index (χ0n) is 14.3. The molecule has 1 N–H and O–H groups in total. The topological polar surface area (TPSA) is 49.4 Å². The Labute approximate surface area is 128 Å². The molecule has 21 heavy (non-hydrogen) atoms. The summed E-state index contributed by atoms with van der Waals surface area (Å²) in [5.41, 5.74) is -0.680. The summed E-state index contributed by atoms with van der Waals surface area (Å²) in [6.07, 6.45) is 2.76. The second-order valence-corrected chi connectivity index (χ2v) is 7.97.